The summed E-state index contributed by atoms with van der Waals surface area (Å²) in [6.45, 7) is 0. The molecule has 0 N–H and O–H groups in total. The first-order chi connectivity index (χ1) is 10.4. The van der Waals surface area contributed by atoms with E-state index in [9.17, 15) is 31.5 Å². The molecule has 2 aromatic rings. The third-order valence-electron chi connectivity index (χ3n) is 2.86. The summed E-state index contributed by atoms with van der Waals surface area (Å²) < 4.78 is 77.3. The minimum absolute atomic E-state index is 0.0352. The molecule has 0 aliphatic rings. The van der Waals surface area contributed by atoms with Gasteiger partial charge in [-0.25, -0.2) is 0 Å². The molecule has 0 saturated carbocycles. The summed E-state index contributed by atoms with van der Waals surface area (Å²) in [5, 5.41) is 11.7. The van der Waals surface area contributed by atoms with Crippen LogP contribution < -0.4 is 4.73 Å². The zero-order valence-electron chi connectivity index (χ0n) is 10.8. The van der Waals surface area contributed by atoms with E-state index >= 15 is 0 Å². The van der Waals surface area contributed by atoms with Gasteiger partial charge in [0.2, 0.25) is 5.69 Å². The first kappa shape index (κ1) is 17.9. The van der Waals surface area contributed by atoms with E-state index in [0.29, 0.717) is 6.07 Å². The SMILES string of the molecule is [O-][n+]1ccc(Cl)cc1-c1c(Br)cc(C(F)(F)F)cc1C(F)(F)F. The largest absolute Gasteiger partial charge is 0.618 e. The van der Waals surface area contributed by atoms with E-state index in [4.69, 9.17) is 11.6 Å². The lowest BCUT2D eigenvalue weighted by Crippen LogP contribution is -2.29. The monoisotopic (exact) mass is 419 g/mol. The van der Waals surface area contributed by atoms with Crippen molar-refractivity contribution in [2.24, 2.45) is 0 Å². The van der Waals surface area contributed by atoms with Crippen molar-refractivity contribution < 1.29 is 31.1 Å². The molecule has 0 radical (unpaired) electrons. The summed E-state index contributed by atoms with van der Waals surface area (Å²) in [6, 6.07) is 2.52. The molecule has 0 bridgehead atoms. The smallest absolute Gasteiger partial charge is 0.417 e. The molecule has 0 fully saturated rings. The third kappa shape index (κ3) is 3.72. The van der Waals surface area contributed by atoms with Crippen LogP contribution in [0.5, 0.6) is 0 Å². The predicted octanol–water partition coefficient (Wildman–Crippen LogP) is 5.44. The van der Waals surface area contributed by atoms with E-state index in [0.717, 1.165) is 18.3 Å². The van der Waals surface area contributed by atoms with Gasteiger partial charge in [0.05, 0.1) is 21.7 Å². The van der Waals surface area contributed by atoms with Gasteiger partial charge in [0.15, 0.2) is 6.20 Å². The van der Waals surface area contributed by atoms with Gasteiger partial charge < -0.3 is 5.21 Å². The highest BCUT2D eigenvalue weighted by atomic mass is 79.9. The van der Waals surface area contributed by atoms with E-state index in [1.165, 1.54) is 0 Å². The van der Waals surface area contributed by atoms with E-state index < -0.39 is 39.2 Å². The van der Waals surface area contributed by atoms with Crippen LogP contribution in [0.25, 0.3) is 11.3 Å². The third-order valence-corrected chi connectivity index (χ3v) is 3.72. The fourth-order valence-corrected chi connectivity index (χ4v) is 2.72. The second kappa shape index (κ2) is 5.86. The molecule has 0 atom stereocenters. The maximum atomic E-state index is 13.2. The van der Waals surface area contributed by atoms with Crippen LogP contribution in [0.2, 0.25) is 5.02 Å². The maximum absolute atomic E-state index is 13.2. The molecule has 2 rings (SSSR count). The molecule has 1 heterocycles. The zero-order valence-corrected chi connectivity index (χ0v) is 13.1. The number of nitrogens with zero attached hydrogens (tertiary/aromatic N) is 1. The number of rotatable bonds is 1. The van der Waals surface area contributed by atoms with Gasteiger partial charge in [0.1, 0.15) is 0 Å². The van der Waals surface area contributed by atoms with Crippen molar-refractivity contribution in [3.63, 3.8) is 0 Å². The van der Waals surface area contributed by atoms with Crippen molar-refractivity contribution in [2.45, 2.75) is 12.4 Å². The lowest BCUT2D eigenvalue weighted by Gasteiger charge is -2.17. The second-order valence-corrected chi connectivity index (χ2v) is 5.72. The number of hydrogen-bond acceptors (Lipinski definition) is 1. The number of benzene rings is 1. The molecular formula is C13H5BrClF6NO. The van der Waals surface area contributed by atoms with Gasteiger partial charge in [0, 0.05) is 16.6 Å². The zero-order chi connectivity index (χ0) is 17.6. The van der Waals surface area contributed by atoms with E-state index in [-0.39, 0.29) is 15.8 Å². The van der Waals surface area contributed by atoms with Gasteiger partial charge in [-0.15, -0.1) is 0 Å². The summed E-state index contributed by atoms with van der Waals surface area (Å²) in [5.41, 5.74) is -4.32. The van der Waals surface area contributed by atoms with Gasteiger partial charge in [-0.05, 0) is 28.1 Å². The fraction of sp³-hybridized carbons (Fsp3) is 0.154. The van der Waals surface area contributed by atoms with Gasteiger partial charge >= 0.3 is 12.4 Å². The standard InChI is InChI=1S/C13H5BrClF6NO/c14-9-4-6(12(16,17)18)3-8(13(19,20)21)11(9)10-5-7(15)1-2-22(10)23/h1-5H. The lowest BCUT2D eigenvalue weighted by atomic mass is 10.00. The molecule has 0 saturated heterocycles. The number of pyridine rings is 1. The Balaban J connectivity index is 2.85. The highest BCUT2D eigenvalue weighted by molar-refractivity contribution is 9.10. The van der Waals surface area contributed by atoms with Gasteiger partial charge in [-0.1, -0.05) is 11.6 Å². The normalized spacial score (nSPS) is 12.5. The summed E-state index contributed by atoms with van der Waals surface area (Å²) in [5.74, 6) is 0. The Kier molecular flexibility index (Phi) is 4.55. The van der Waals surface area contributed by atoms with Crippen LogP contribution >= 0.6 is 27.5 Å². The summed E-state index contributed by atoms with van der Waals surface area (Å²) in [4.78, 5) is 0. The summed E-state index contributed by atoms with van der Waals surface area (Å²) in [6.07, 6.45) is -9.21. The molecule has 23 heavy (non-hydrogen) atoms. The van der Waals surface area contributed by atoms with Gasteiger partial charge in [0.25, 0.3) is 0 Å². The molecule has 0 spiro atoms. The first-order valence-electron chi connectivity index (χ1n) is 5.78. The molecule has 0 aliphatic carbocycles. The Bertz CT molecular complexity index is 759. The molecule has 10 heteroatoms. The van der Waals surface area contributed by atoms with E-state index in [1.54, 1.807) is 0 Å². The molecule has 2 nitrogen and oxygen atoms in total. The summed E-state index contributed by atoms with van der Waals surface area (Å²) >= 11 is 8.34. The molecule has 0 unspecified atom stereocenters. The number of halogens is 8. The Morgan fingerprint density at radius 1 is 1.00 bits per heavy atom. The minimum atomic E-state index is -5.10. The Morgan fingerprint density at radius 3 is 2.13 bits per heavy atom. The van der Waals surface area contributed by atoms with Crippen molar-refractivity contribution in [1.29, 1.82) is 0 Å². The van der Waals surface area contributed by atoms with Crippen LogP contribution in [0.4, 0.5) is 26.3 Å². The van der Waals surface area contributed by atoms with Crippen LogP contribution in [-0.2, 0) is 12.4 Å². The Hall–Kier alpha value is -1.48. The topological polar surface area (TPSA) is 26.9 Å². The van der Waals surface area contributed by atoms with Gasteiger partial charge in [-0.2, -0.15) is 31.1 Å². The van der Waals surface area contributed by atoms with Crippen molar-refractivity contribution in [1.82, 2.24) is 0 Å². The van der Waals surface area contributed by atoms with Crippen LogP contribution in [-0.4, -0.2) is 0 Å². The van der Waals surface area contributed by atoms with Gasteiger partial charge in [-0.3, -0.25) is 0 Å². The number of aromatic nitrogens is 1. The van der Waals surface area contributed by atoms with Crippen molar-refractivity contribution >= 4 is 27.5 Å². The second-order valence-electron chi connectivity index (χ2n) is 4.43. The predicted molar refractivity (Wildman–Crippen MR) is 73.6 cm³/mol. The maximum Gasteiger partial charge on any atom is 0.417 e. The molecular weight excluding hydrogens is 415 g/mol. The van der Waals surface area contributed by atoms with Crippen molar-refractivity contribution in [2.75, 3.05) is 0 Å². The average molecular weight is 421 g/mol. The van der Waals surface area contributed by atoms with E-state index in [1.807, 2.05) is 0 Å². The average Bonchev–Trinajstić information content (AvgIpc) is 2.39. The molecule has 0 aliphatic heterocycles. The molecule has 1 aromatic carbocycles. The Labute approximate surface area is 139 Å². The highest BCUT2D eigenvalue weighted by Gasteiger charge is 2.41. The Morgan fingerprint density at radius 2 is 1.61 bits per heavy atom. The number of alkyl halides is 6. The minimum Gasteiger partial charge on any atom is -0.618 e. The van der Waals surface area contributed by atoms with Crippen LogP contribution in [0.3, 0.4) is 0 Å². The molecule has 1 aromatic heterocycles. The van der Waals surface area contributed by atoms with E-state index in [2.05, 4.69) is 15.9 Å². The molecule has 124 valence electrons. The van der Waals surface area contributed by atoms with Crippen molar-refractivity contribution in [3.05, 3.63) is 56.3 Å². The number of hydrogen-bond donors (Lipinski definition) is 0. The quantitative estimate of drug-likeness (QED) is 0.343. The van der Waals surface area contributed by atoms with Crippen LogP contribution in [0, 0.1) is 5.21 Å². The highest BCUT2D eigenvalue weighted by Crippen LogP contribution is 2.44. The summed E-state index contributed by atoms with van der Waals surface area (Å²) in [7, 11) is 0. The van der Waals surface area contributed by atoms with Crippen LogP contribution in [0.1, 0.15) is 11.1 Å². The van der Waals surface area contributed by atoms with Crippen LogP contribution in [0.15, 0.2) is 34.9 Å². The lowest BCUT2D eigenvalue weighted by molar-refractivity contribution is -0.593. The van der Waals surface area contributed by atoms with Crippen molar-refractivity contribution in [3.8, 4) is 11.3 Å². The molecule has 0 amide bonds. The fourth-order valence-electron chi connectivity index (χ4n) is 1.90. The first-order valence-corrected chi connectivity index (χ1v) is 6.95.